The van der Waals surface area contributed by atoms with Crippen molar-refractivity contribution in [2.75, 3.05) is 6.61 Å². The van der Waals surface area contributed by atoms with Crippen molar-refractivity contribution in [2.24, 2.45) is 0 Å². The largest absolute Gasteiger partial charge is 0.534 e. The van der Waals surface area contributed by atoms with Crippen LogP contribution in [0.25, 0.3) is 0 Å². The summed E-state index contributed by atoms with van der Waals surface area (Å²) in [5.41, 5.74) is -5.60. The molecule has 1 aliphatic heterocycles. The molecule has 1 rings (SSSR count). The fourth-order valence-electron chi connectivity index (χ4n) is 0.880. The van der Waals surface area contributed by atoms with Crippen molar-refractivity contribution in [3.8, 4) is 0 Å². The molecule has 0 unspecified atom stereocenters. The monoisotopic (exact) mass is 262 g/mol. The normalized spacial score (nSPS) is 17.2. The summed E-state index contributed by atoms with van der Waals surface area (Å²) in [6.45, 7) is -0.246. The average molecular weight is 262 g/mol. The van der Waals surface area contributed by atoms with E-state index in [1.54, 1.807) is 0 Å². The molecule has 0 atom stereocenters. The molecule has 0 aromatic rings. The predicted octanol–water partition coefficient (Wildman–Crippen LogP) is 0.569. The zero-order valence-electron chi connectivity index (χ0n) is 7.44. The second-order valence-electron chi connectivity index (χ2n) is 2.64. The maximum atomic E-state index is 11.9. The molecular weight excluding hydrogens is 257 g/mol. The number of rotatable bonds is 3. The van der Waals surface area contributed by atoms with Crippen molar-refractivity contribution in [2.45, 2.75) is 11.9 Å². The van der Waals surface area contributed by atoms with Gasteiger partial charge in [-0.1, -0.05) is 0 Å². The summed E-state index contributed by atoms with van der Waals surface area (Å²) in [5.74, 6) is -3.47. The predicted molar refractivity (Wildman–Crippen MR) is 41.3 cm³/mol. The van der Waals surface area contributed by atoms with Crippen molar-refractivity contribution < 1.29 is 40.4 Å². The van der Waals surface area contributed by atoms with Gasteiger partial charge in [0.2, 0.25) is 5.76 Å². The molecule has 1 N–H and O–H groups in total. The van der Waals surface area contributed by atoms with Crippen molar-refractivity contribution in [3.63, 3.8) is 0 Å². The van der Waals surface area contributed by atoms with E-state index < -0.39 is 33.1 Å². The van der Waals surface area contributed by atoms with Gasteiger partial charge in [0.15, 0.2) is 5.76 Å². The first-order valence-corrected chi connectivity index (χ1v) is 5.16. The van der Waals surface area contributed by atoms with Crippen molar-refractivity contribution in [1.29, 1.82) is 0 Å². The first-order chi connectivity index (χ1) is 7.15. The van der Waals surface area contributed by atoms with Crippen LogP contribution >= 0.6 is 0 Å². The molecule has 0 aliphatic carbocycles. The van der Waals surface area contributed by atoms with Crippen LogP contribution in [0.1, 0.15) is 6.42 Å². The highest BCUT2D eigenvalue weighted by Crippen LogP contribution is 2.30. The van der Waals surface area contributed by atoms with Gasteiger partial charge >= 0.3 is 21.6 Å². The first-order valence-electron chi connectivity index (χ1n) is 3.75. The SMILES string of the molecule is O=C(O)C1=C(OS(=O)(=O)C(F)(F)F)CCO1. The third-order valence-corrected chi connectivity index (χ3v) is 2.50. The Morgan fingerprint density at radius 3 is 2.44 bits per heavy atom. The van der Waals surface area contributed by atoms with E-state index in [-0.39, 0.29) is 13.0 Å². The third-order valence-electron chi connectivity index (χ3n) is 1.52. The summed E-state index contributed by atoms with van der Waals surface area (Å²) >= 11 is 0. The lowest BCUT2D eigenvalue weighted by molar-refractivity contribution is -0.136. The average Bonchev–Trinajstić information content (AvgIpc) is 2.49. The smallest absolute Gasteiger partial charge is 0.484 e. The molecule has 0 saturated carbocycles. The minimum absolute atomic E-state index is 0.246. The van der Waals surface area contributed by atoms with Gasteiger partial charge in [-0.3, -0.25) is 0 Å². The number of carbonyl (C=O) groups is 1. The number of halogens is 3. The minimum atomic E-state index is -5.85. The Labute approximate surface area is 87.4 Å². The van der Waals surface area contributed by atoms with Crippen LogP contribution in [0.3, 0.4) is 0 Å². The number of carboxylic acids is 1. The third kappa shape index (κ3) is 2.38. The van der Waals surface area contributed by atoms with E-state index in [1.807, 2.05) is 0 Å². The topological polar surface area (TPSA) is 89.9 Å². The van der Waals surface area contributed by atoms with Crippen molar-refractivity contribution in [3.05, 3.63) is 11.5 Å². The lowest BCUT2D eigenvalue weighted by atomic mass is 10.4. The van der Waals surface area contributed by atoms with Crippen LogP contribution < -0.4 is 0 Å². The number of alkyl halides is 3. The Bertz CT molecular complexity index is 434. The summed E-state index contributed by atoms with van der Waals surface area (Å²) < 4.78 is 64.8. The maximum Gasteiger partial charge on any atom is 0.534 e. The standard InChI is InChI=1S/C6H5F3O6S/c7-6(8,9)16(12,13)15-3-1-2-14-4(3)5(10)11/h1-2H2,(H,10,11). The fraction of sp³-hybridized carbons (Fsp3) is 0.500. The highest BCUT2D eigenvalue weighted by Gasteiger charge is 2.49. The maximum absolute atomic E-state index is 11.9. The van der Waals surface area contributed by atoms with Gasteiger partial charge < -0.3 is 14.0 Å². The van der Waals surface area contributed by atoms with E-state index in [1.165, 1.54) is 0 Å². The molecule has 0 fully saturated rings. The van der Waals surface area contributed by atoms with Crippen molar-refractivity contribution in [1.82, 2.24) is 0 Å². The van der Waals surface area contributed by atoms with Gasteiger partial charge in [-0.25, -0.2) is 4.79 Å². The van der Waals surface area contributed by atoms with Crippen LogP contribution in [0.15, 0.2) is 11.5 Å². The molecule has 92 valence electrons. The molecule has 0 spiro atoms. The number of aliphatic carboxylic acids is 1. The Hall–Kier alpha value is -1.45. The molecule has 1 heterocycles. The van der Waals surface area contributed by atoms with Gasteiger partial charge in [-0.2, -0.15) is 21.6 Å². The van der Waals surface area contributed by atoms with E-state index in [0.717, 1.165) is 0 Å². The molecule has 0 bridgehead atoms. The van der Waals surface area contributed by atoms with Crippen LogP contribution in [0.5, 0.6) is 0 Å². The molecule has 0 amide bonds. The summed E-state index contributed by atoms with van der Waals surface area (Å²) in [6, 6.07) is 0. The quantitative estimate of drug-likeness (QED) is 0.590. The molecular formula is C6H5F3O6S. The molecule has 0 aromatic heterocycles. The van der Waals surface area contributed by atoms with Gasteiger partial charge in [0.1, 0.15) is 0 Å². The number of hydrogen-bond acceptors (Lipinski definition) is 5. The Morgan fingerprint density at radius 1 is 1.44 bits per heavy atom. The molecule has 6 nitrogen and oxygen atoms in total. The minimum Gasteiger partial charge on any atom is -0.484 e. The van der Waals surface area contributed by atoms with Crippen LogP contribution in [0, 0.1) is 0 Å². The zero-order valence-corrected chi connectivity index (χ0v) is 8.26. The van der Waals surface area contributed by atoms with Crippen LogP contribution in [-0.4, -0.2) is 31.6 Å². The van der Waals surface area contributed by atoms with Crippen LogP contribution in [0.4, 0.5) is 13.2 Å². The second kappa shape index (κ2) is 3.85. The Balaban J connectivity index is 2.99. The van der Waals surface area contributed by atoms with Crippen LogP contribution in [-0.2, 0) is 23.8 Å². The highest BCUT2D eigenvalue weighted by molar-refractivity contribution is 7.87. The van der Waals surface area contributed by atoms with Gasteiger partial charge in [0, 0.05) is 6.42 Å². The molecule has 0 radical (unpaired) electrons. The lowest BCUT2D eigenvalue weighted by Gasteiger charge is -2.09. The molecule has 1 aliphatic rings. The second-order valence-corrected chi connectivity index (χ2v) is 4.18. The summed E-state index contributed by atoms with van der Waals surface area (Å²) in [4.78, 5) is 10.4. The Kier molecular flexibility index (Phi) is 3.03. The summed E-state index contributed by atoms with van der Waals surface area (Å²) in [7, 11) is -5.85. The van der Waals surface area contributed by atoms with Gasteiger partial charge in [0.25, 0.3) is 0 Å². The Morgan fingerprint density at radius 2 is 2.00 bits per heavy atom. The van der Waals surface area contributed by atoms with E-state index in [9.17, 15) is 26.4 Å². The van der Waals surface area contributed by atoms with Crippen molar-refractivity contribution >= 4 is 16.1 Å². The van der Waals surface area contributed by atoms with Gasteiger partial charge in [0.05, 0.1) is 6.61 Å². The molecule has 0 saturated heterocycles. The zero-order chi connectivity index (χ0) is 12.6. The fourth-order valence-corrected chi connectivity index (χ4v) is 1.40. The number of ether oxygens (including phenoxy) is 1. The van der Waals surface area contributed by atoms with E-state index in [2.05, 4.69) is 8.92 Å². The molecule has 0 aromatic carbocycles. The van der Waals surface area contributed by atoms with E-state index in [0.29, 0.717) is 0 Å². The first kappa shape index (κ1) is 12.6. The lowest BCUT2D eigenvalue weighted by Crippen LogP contribution is -2.25. The van der Waals surface area contributed by atoms with Crippen LogP contribution in [0.2, 0.25) is 0 Å². The van der Waals surface area contributed by atoms with E-state index in [4.69, 9.17) is 5.11 Å². The highest BCUT2D eigenvalue weighted by atomic mass is 32.2. The number of carboxylic acid groups (broad SMARTS) is 1. The van der Waals surface area contributed by atoms with E-state index >= 15 is 0 Å². The summed E-state index contributed by atoms with van der Waals surface area (Å²) in [6.07, 6.45) is -0.350. The number of hydrogen-bond donors (Lipinski definition) is 1. The summed E-state index contributed by atoms with van der Waals surface area (Å²) in [5, 5.41) is 8.44. The molecule has 10 heteroatoms. The molecule has 16 heavy (non-hydrogen) atoms. The van der Waals surface area contributed by atoms with Gasteiger partial charge in [-0.15, -0.1) is 0 Å². The van der Waals surface area contributed by atoms with Gasteiger partial charge in [-0.05, 0) is 0 Å².